The van der Waals surface area contributed by atoms with Gasteiger partial charge in [0.15, 0.2) is 0 Å². The van der Waals surface area contributed by atoms with Crippen molar-refractivity contribution in [1.29, 1.82) is 0 Å². The molecule has 0 saturated heterocycles. The van der Waals surface area contributed by atoms with Crippen molar-refractivity contribution >= 4 is 163 Å². The lowest BCUT2D eigenvalue weighted by molar-refractivity contribution is 0.668. The first-order valence-corrected chi connectivity index (χ1v) is 34.9. The number of rotatable bonds is 11. The SMILES string of the molecule is c1cc(-c2ccc3sc4ccccc4c3c2)cc(N(c2ccc(-c3cccc4cc(-c5ccc6c(c5)sc5ccc(-c7cccc(N(c8ccccc8-c8ccc9ccccc9c8)c8cccc9oc%10ccccc%10c89)c7)cc56)ccc34)cc2)c2cccc3oc4ccccc4c23)c1. The molecule has 16 aromatic carbocycles. The molecule has 98 heavy (non-hydrogen) atoms. The number of furan rings is 2. The van der Waals surface area contributed by atoms with Gasteiger partial charge in [0, 0.05) is 73.7 Å². The summed E-state index contributed by atoms with van der Waals surface area (Å²) in [5, 5.41) is 14.3. The van der Waals surface area contributed by atoms with Crippen LogP contribution in [0.5, 0.6) is 0 Å². The van der Waals surface area contributed by atoms with Gasteiger partial charge in [-0.2, -0.15) is 0 Å². The fourth-order valence-electron chi connectivity index (χ4n) is 15.2. The zero-order chi connectivity index (χ0) is 64.4. The van der Waals surface area contributed by atoms with Gasteiger partial charge in [0.25, 0.3) is 0 Å². The monoisotopic (exact) mass is 1280 g/mol. The number of nitrogens with zero attached hydrogens (tertiary/aromatic N) is 2. The van der Waals surface area contributed by atoms with Gasteiger partial charge >= 0.3 is 0 Å². The second-order valence-corrected chi connectivity index (χ2v) is 27.6. The standard InChI is InChI=1S/C92H56N2O2S2/c1-2-17-59-50-67(37-36-57(59)16-1)73-23-3-7-28-80(73)94(82-30-15-34-86-92(82)77-26-5-9-32-84(77)96-86)70-22-12-19-61(53-70)64-43-49-89-79(55-64)75-47-41-65(56-90(75)98-89)62-40-46-72-66(51-62)20-13-27-71(72)58-38-44-68(45-39-58)93(81-29-14-33-85-91(81)76-25-4-8-31-83(76)95-85)69-21-11-18-60(52-69)63-42-48-88-78(54-63)74-24-6-10-35-87(74)97-88/h1-56H. The summed E-state index contributed by atoms with van der Waals surface area (Å²) in [6.45, 7) is 0. The number of para-hydroxylation sites is 3. The summed E-state index contributed by atoms with van der Waals surface area (Å²) in [4.78, 5) is 4.82. The van der Waals surface area contributed by atoms with Crippen LogP contribution < -0.4 is 9.80 Å². The van der Waals surface area contributed by atoms with Gasteiger partial charge in [-0.25, -0.2) is 0 Å². The van der Waals surface area contributed by atoms with Crippen LogP contribution in [0.25, 0.3) is 161 Å². The molecule has 0 saturated carbocycles. The minimum Gasteiger partial charge on any atom is -0.456 e. The molecule has 6 heteroatoms. The van der Waals surface area contributed by atoms with Crippen molar-refractivity contribution in [1.82, 2.24) is 0 Å². The maximum absolute atomic E-state index is 6.54. The second-order valence-electron chi connectivity index (χ2n) is 25.5. The normalized spacial score (nSPS) is 11.9. The van der Waals surface area contributed by atoms with E-state index in [1.54, 1.807) is 0 Å². The summed E-state index contributed by atoms with van der Waals surface area (Å²) >= 11 is 3.71. The Morgan fingerprint density at radius 2 is 0.653 bits per heavy atom. The first-order chi connectivity index (χ1) is 48.5. The molecule has 4 heterocycles. The number of hydrogen-bond acceptors (Lipinski definition) is 6. The van der Waals surface area contributed by atoms with E-state index >= 15 is 0 Å². The number of benzene rings is 16. The molecule has 20 aromatic rings. The van der Waals surface area contributed by atoms with Gasteiger partial charge < -0.3 is 18.6 Å². The summed E-state index contributed by atoms with van der Waals surface area (Å²) in [5.74, 6) is 0. The Kier molecular flexibility index (Phi) is 13.0. The molecule has 0 N–H and O–H groups in total. The van der Waals surface area contributed by atoms with Crippen LogP contribution in [0.2, 0.25) is 0 Å². The van der Waals surface area contributed by atoms with Crippen LogP contribution in [0.4, 0.5) is 34.1 Å². The van der Waals surface area contributed by atoms with E-state index in [-0.39, 0.29) is 0 Å². The van der Waals surface area contributed by atoms with E-state index in [0.717, 1.165) is 106 Å². The van der Waals surface area contributed by atoms with Crippen molar-refractivity contribution in [2.24, 2.45) is 0 Å². The van der Waals surface area contributed by atoms with Crippen molar-refractivity contribution < 1.29 is 8.83 Å². The Hall–Kier alpha value is -12.3. The zero-order valence-corrected chi connectivity index (χ0v) is 54.5. The lowest BCUT2D eigenvalue weighted by atomic mass is 9.94. The Morgan fingerprint density at radius 3 is 1.37 bits per heavy atom. The van der Waals surface area contributed by atoms with Gasteiger partial charge in [-0.15, -0.1) is 22.7 Å². The molecule has 0 fully saturated rings. The minimum absolute atomic E-state index is 0.855. The molecule has 0 atom stereocenters. The van der Waals surface area contributed by atoms with Crippen molar-refractivity contribution in [3.63, 3.8) is 0 Å². The van der Waals surface area contributed by atoms with E-state index in [9.17, 15) is 0 Å². The Balaban J connectivity index is 0.630. The van der Waals surface area contributed by atoms with Crippen LogP contribution in [0.3, 0.4) is 0 Å². The number of fused-ring (bicyclic) bond motifs is 14. The lowest BCUT2D eigenvalue weighted by Gasteiger charge is -2.29. The molecule has 458 valence electrons. The molecule has 0 aliphatic rings. The molecule has 0 spiro atoms. The highest BCUT2D eigenvalue weighted by Gasteiger charge is 2.25. The number of hydrogen-bond donors (Lipinski definition) is 0. The third-order valence-corrected chi connectivity index (χ3v) is 22.1. The highest BCUT2D eigenvalue weighted by atomic mass is 32.1. The molecule has 0 aliphatic heterocycles. The summed E-state index contributed by atoms with van der Waals surface area (Å²) in [7, 11) is 0. The highest BCUT2D eigenvalue weighted by molar-refractivity contribution is 7.26. The molecular weight excluding hydrogens is 1230 g/mol. The Labute approximate surface area is 572 Å². The summed E-state index contributed by atoms with van der Waals surface area (Å²) in [6.07, 6.45) is 0. The Morgan fingerprint density at radius 1 is 0.204 bits per heavy atom. The van der Waals surface area contributed by atoms with Gasteiger partial charge in [0.2, 0.25) is 0 Å². The first-order valence-electron chi connectivity index (χ1n) is 33.2. The van der Waals surface area contributed by atoms with E-state index in [2.05, 4.69) is 337 Å². The van der Waals surface area contributed by atoms with E-state index in [1.165, 1.54) is 89.7 Å². The molecule has 20 rings (SSSR count). The zero-order valence-electron chi connectivity index (χ0n) is 52.9. The van der Waals surface area contributed by atoms with Gasteiger partial charge in [0.05, 0.1) is 27.8 Å². The molecule has 0 aliphatic carbocycles. The van der Waals surface area contributed by atoms with Gasteiger partial charge in [0.1, 0.15) is 22.3 Å². The Bertz CT molecular complexity index is 6610. The molecular formula is C92H56N2O2S2. The number of thiophene rings is 2. The summed E-state index contributed by atoms with van der Waals surface area (Å²) in [5.41, 5.74) is 21.5. The highest BCUT2D eigenvalue weighted by Crippen LogP contribution is 2.50. The van der Waals surface area contributed by atoms with Gasteiger partial charge in [-0.3, -0.25) is 0 Å². The largest absolute Gasteiger partial charge is 0.456 e. The minimum atomic E-state index is 0.855. The maximum Gasteiger partial charge on any atom is 0.137 e. The molecule has 0 radical (unpaired) electrons. The molecule has 0 bridgehead atoms. The summed E-state index contributed by atoms with van der Waals surface area (Å²) < 4.78 is 18.2. The smallest absolute Gasteiger partial charge is 0.137 e. The third kappa shape index (κ3) is 9.32. The van der Waals surface area contributed by atoms with Crippen molar-refractivity contribution in [3.8, 4) is 55.6 Å². The quantitative estimate of drug-likeness (QED) is 0.129. The van der Waals surface area contributed by atoms with Crippen LogP contribution in [0.15, 0.2) is 349 Å². The van der Waals surface area contributed by atoms with Crippen molar-refractivity contribution in [2.45, 2.75) is 0 Å². The average molecular weight is 1290 g/mol. The van der Waals surface area contributed by atoms with Crippen LogP contribution >= 0.6 is 22.7 Å². The van der Waals surface area contributed by atoms with Gasteiger partial charge in [-0.05, 0) is 199 Å². The van der Waals surface area contributed by atoms with Gasteiger partial charge in [-0.1, -0.05) is 212 Å². The molecule has 0 unspecified atom stereocenters. The van der Waals surface area contributed by atoms with Crippen molar-refractivity contribution in [3.05, 3.63) is 340 Å². The predicted molar refractivity (Wildman–Crippen MR) is 418 cm³/mol. The molecule has 4 nitrogen and oxygen atoms in total. The topological polar surface area (TPSA) is 32.8 Å². The lowest BCUT2D eigenvalue weighted by Crippen LogP contribution is -2.11. The van der Waals surface area contributed by atoms with E-state index in [1.807, 2.05) is 34.8 Å². The van der Waals surface area contributed by atoms with Crippen LogP contribution in [0.1, 0.15) is 0 Å². The van der Waals surface area contributed by atoms with Crippen LogP contribution in [-0.4, -0.2) is 0 Å². The maximum atomic E-state index is 6.54. The van der Waals surface area contributed by atoms with E-state index in [4.69, 9.17) is 8.83 Å². The van der Waals surface area contributed by atoms with E-state index in [0.29, 0.717) is 0 Å². The van der Waals surface area contributed by atoms with Crippen LogP contribution in [-0.2, 0) is 0 Å². The van der Waals surface area contributed by atoms with Crippen molar-refractivity contribution in [2.75, 3.05) is 9.80 Å². The second kappa shape index (κ2) is 22.7. The fourth-order valence-corrected chi connectivity index (χ4v) is 17.4. The fraction of sp³-hybridized carbons (Fsp3) is 0. The molecule has 0 amide bonds. The van der Waals surface area contributed by atoms with E-state index < -0.39 is 0 Å². The predicted octanol–water partition coefficient (Wildman–Crippen LogP) is 27.8. The third-order valence-electron chi connectivity index (χ3n) is 19.8. The van der Waals surface area contributed by atoms with Crippen LogP contribution in [0, 0.1) is 0 Å². The average Bonchev–Trinajstić information content (AvgIpc) is 1.46. The number of anilines is 6. The molecule has 4 aromatic heterocycles. The first kappa shape index (κ1) is 56.1. The summed E-state index contributed by atoms with van der Waals surface area (Å²) in [6, 6.07) is 124.